The Morgan fingerprint density at radius 1 is 1.00 bits per heavy atom. The number of benzene rings is 3. The third kappa shape index (κ3) is 3.40. The lowest BCUT2D eigenvalue weighted by molar-refractivity contribution is 0.223. The highest BCUT2D eigenvalue weighted by Crippen LogP contribution is 2.50. The highest BCUT2D eigenvalue weighted by atomic mass is 79.9. The van der Waals surface area contributed by atoms with Gasteiger partial charge in [-0.15, -0.1) is 0 Å². The lowest BCUT2D eigenvalue weighted by Gasteiger charge is -2.39. The van der Waals surface area contributed by atoms with E-state index in [9.17, 15) is 0 Å². The van der Waals surface area contributed by atoms with Gasteiger partial charge in [-0.3, -0.25) is 0 Å². The summed E-state index contributed by atoms with van der Waals surface area (Å²) in [6.07, 6.45) is 1.29. The maximum absolute atomic E-state index is 6.64. The molecule has 0 unspecified atom stereocenters. The van der Waals surface area contributed by atoms with Crippen molar-refractivity contribution in [1.82, 2.24) is 14.8 Å². The third-order valence-corrected chi connectivity index (χ3v) is 6.53. The predicted octanol–water partition coefficient (Wildman–Crippen LogP) is 6.00. The first-order chi connectivity index (χ1) is 16.2. The molecular weight excluding hydrogens is 480 g/mol. The Hall–Kier alpha value is -3.58. The average Bonchev–Trinajstić information content (AvgIpc) is 3.32. The molecule has 0 aliphatic carbocycles. The summed E-state index contributed by atoms with van der Waals surface area (Å²) in [6.45, 7) is 2.62. The number of anilines is 1. The first-order valence-corrected chi connectivity index (χ1v) is 11.7. The van der Waals surface area contributed by atoms with E-state index in [1.54, 1.807) is 6.33 Å². The summed E-state index contributed by atoms with van der Waals surface area (Å²) in [7, 11) is 0. The van der Waals surface area contributed by atoms with E-state index in [1.807, 2.05) is 41.9 Å². The maximum Gasteiger partial charge on any atom is 0.226 e. The molecule has 0 saturated heterocycles. The Labute approximate surface area is 200 Å². The Kier molecular flexibility index (Phi) is 4.91. The normalized spacial score (nSPS) is 18.5. The molecule has 0 spiro atoms. The fourth-order valence-electron chi connectivity index (χ4n) is 4.56. The van der Waals surface area contributed by atoms with Crippen molar-refractivity contribution in [1.29, 1.82) is 0 Å². The smallest absolute Gasteiger partial charge is 0.226 e. The van der Waals surface area contributed by atoms with Crippen molar-refractivity contribution in [3.05, 3.63) is 106 Å². The molecule has 0 radical (unpaired) electrons. The molecule has 3 aromatic carbocycles. The summed E-state index contributed by atoms with van der Waals surface area (Å²) >= 11 is 3.56. The maximum atomic E-state index is 6.64. The topological polar surface area (TPSA) is 61.2 Å². The lowest BCUT2D eigenvalue weighted by atomic mass is 9.84. The Morgan fingerprint density at radius 2 is 1.76 bits per heavy atom. The van der Waals surface area contributed by atoms with Gasteiger partial charge in [-0.2, -0.15) is 10.1 Å². The zero-order valence-electron chi connectivity index (χ0n) is 17.9. The van der Waals surface area contributed by atoms with Crippen molar-refractivity contribution in [2.24, 2.45) is 0 Å². The summed E-state index contributed by atoms with van der Waals surface area (Å²) in [4.78, 5) is 4.48. The molecule has 3 heterocycles. The van der Waals surface area contributed by atoms with Gasteiger partial charge in [-0.05, 0) is 54.4 Å². The Bertz CT molecular complexity index is 1350. The fourth-order valence-corrected chi connectivity index (χ4v) is 4.83. The van der Waals surface area contributed by atoms with Crippen LogP contribution in [0.5, 0.6) is 11.5 Å². The molecule has 0 saturated carbocycles. The van der Waals surface area contributed by atoms with Gasteiger partial charge in [-0.1, -0.05) is 52.3 Å². The second-order valence-corrected chi connectivity index (χ2v) is 8.85. The van der Waals surface area contributed by atoms with Crippen LogP contribution in [0.1, 0.15) is 35.8 Å². The van der Waals surface area contributed by atoms with E-state index in [0.717, 1.165) is 43.9 Å². The SMILES string of the molecule is CCOc1ccc([C@@H]2Oc3ccccc3C3=C2[C@H](c2ccc(Br)cc2)n2ncnc2N3)cc1. The zero-order valence-corrected chi connectivity index (χ0v) is 19.5. The summed E-state index contributed by atoms with van der Waals surface area (Å²) in [5, 5.41) is 8.10. The predicted molar refractivity (Wildman–Crippen MR) is 130 cm³/mol. The van der Waals surface area contributed by atoms with Gasteiger partial charge in [0.05, 0.1) is 12.3 Å². The summed E-state index contributed by atoms with van der Waals surface area (Å²) < 4.78 is 15.3. The van der Waals surface area contributed by atoms with Crippen LogP contribution in [-0.2, 0) is 0 Å². The van der Waals surface area contributed by atoms with Crippen molar-refractivity contribution in [2.45, 2.75) is 19.1 Å². The van der Waals surface area contributed by atoms with E-state index in [4.69, 9.17) is 9.47 Å². The standard InChI is InChI=1S/C26H21BrN4O2/c1-2-32-19-13-9-17(10-14-19)25-22-23(20-5-3-4-6-21(20)33-25)30-26-28-15-29-31(26)24(22)16-7-11-18(27)12-8-16/h3-15,24-25H,2H2,1H3,(H,28,29,30)/t24-,25-/m0/s1. The van der Waals surface area contributed by atoms with Crippen molar-refractivity contribution in [2.75, 3.05) is 11.9 Å². The van der Waals surface area contributed by atoms with Crippen LogP contribution in [0, 0.1) is 0 Å². The molecule has 164 valence electrons. The number of nitrogens with zero attached hydrogens (tertiary/aromatic N) is 3. The second kappa shape index (κ2) is 8.08. The largest absolute Gasteiger partial charge is 0.494 e. The minimum Gasteiger partial charge on any atom is -0.494 e. The number of hydrogen-bond acceptors (Lipinski definition) is 5. The van der Waals surface area contributed by atoms with Crippen molar-refractivity contribution >= 4 is 27.6 Å². The van der Waals surface area contributed by atoms with E-state index in [-0.39, 0.29) is 12.1 Å². The van der Waals surface area contributed by atoms with Gasteiger partial charge < -0.3 is 14.8 Å². The van der Waals surface area contributed by atoms with Gasteiger partial charge in [0.15, 0.2) is 0 Å². The van der Waals surface area contributed by atoms with Crippen LogP contribution in [0.4, 0.5) is 5.95 Å². The van der Waals surface area contributed by atoms with Crippen LogP contribution < -0.4 is 14.8 Å². The van der Waals surface area contributed by atoms with Crippen LogP contribution in [0.25, 0.3) is 5.70 Å². The molecule has 6 rings (SSSR count). The number of fused-ring (bicyclic) bond motifs is 3. The summed E-state index contributed by atoms with van der Waals surface area (Å²) in [5.74, 6) is 2.39. The Balaban J connectivity index is 1.56. The first kappa shape index (κ1) is 20.1. The zero-order chi connectivity index (χ0) is 22.4. The number of para-hydroxylation sites is 1. The highest BCUT2D eigenvalue weighted by molar-refractivity contribution is 9.10. The fraction of sp³-hybridized carbons (Fsp3) is 0.154. The third-order valence-electron chi connectivity index (χ3n) is 6.00. The number of halogens is 1. The van der Waals surface area contributed by atoms with E-state index < -0.39 is 0 Å². The van der Waals surface area contributed by atoms with Gasteiger partial charge in [0.1, 0.15) is 30.0 Å². The average molecular weight is 501 g/mol. The second-order valence-electron chi connectivity index (χ2n) is 7.93. The van der Waals surface area contributed by atoms with Crippen LogP contribution >= 0.6 is 15.9 Å². The van der Waals surface area contributed by atoms with Gasteiger partial charge in [0.25, 0.3) is 0 Å². The molecule has 1 N–H and O–H groups in total. The molecular formula is C26H21BrN4O2. The van der Waals surface area contributed by atoms with Crippen molar-refractivity contribution in [3.63, 3.8) is 0 Å². The Morgan fingerprint density at radius 3 is 2.55 bits per heavy atom. The van der Waals surface area contributed by atoms with Crippen LogP contribution in [0.15, 0.2) is 89.2 Å². The van der Waals surface area contributed by atoms with Crippen molar-refractivity contribution in [3.8, 4) is 11.5 Å². The van der Waals surface area contributed by atoms with Gasteiger partial charge in [-0.25, -0.2) is 4.68 Å². The summed E-state index contributed by atoms with van der Waals surface area (Å²) in [6, 6.07) is 24.4. The molecule has 6 nitrogen and oxygen atoms in total. The molecule has 1 aromatic heterocycles. The van der Waals surface area contributed by atoms with E-state index in [1.165, 1.54) is 0 Å². The quantitative estimate of drug-likeness (QED) is 0.372. The van der Waals surface area contributed by atoms with E-state index >= 15 is 0 Å². The molecule has 7 heteroatoms. The minimum atomic E-state index is -0.302. The van der Waals surface area contributed by atoms with Crippen LogP contribution in [0.2, 0.25) is 0 Å². The van der Waals surface area contributed by atoms with Crippen LogP contribution in [0.3, 0.4) is 0 Å². The number of rotatable bonds is 4. The lowest BCUT2D eigenvalue weighted by Crippen LogP contribution is -2.32. The number of aromatic nitrogens is 3. The number of hydrogen-bond donors (Lipinski definition) is 1. The van der Waals surface area contributed by atoms with Gasteiger partial charge >= 0.3 is 0 Å². The van der Waals surface area contributed by atoms with E-state index in [0.29, 0.717) is 12.6 Å². The molecule has 0 fully saturated rings. The molecule has 33 heavy (non-hydrogen) atoms. The first-order valence-electron chi connectivity index (χ1n) is 10.9. The molecule has 2 atom stereocenters. The van der Waals surface area contributed by atoms with Gasteiger partial charge in [0.2, 0.25) is 5.95 Å². The summed E-state index contributed by atoms with van der Waals surface area (Å²) in [5.41, 5.74) is 5.29. The molecule has 2 aliphatic heterocycles. The molecule has 4 aromatic rings. The molecule has 0 bridgehead atoms. The van der Waals surface area contributed by atoms with E-state index in [2.05, 4.69) is 73.8 Å². The highest BCUT2D eigenvalue weighted by Gasteiger charge is 2.40. The van der Waals surface area contributed by atoms with Gasteiger partial charge in [0, 0.05) is 15.6 Å². The molecule has 0 amide bonds. The van der Waals surface area contributed by atoms with Crippen molar-refractivity contribution < 1.29 is 9.47 Å². The number of nitrogens with one attached hydrogen (secondary N) is 1. The van der Waals surface area contributed by atoms with Crippen LogP contribution in [-0.4, -0.2) is 21.4 Å². The minimum absolute atomic E-state index is 0.170. The molecule has 2 aliphatic rings. The number of ether oxygens (including phenoxy) is 2. The monoisotopic (exact) mass is 500 g/mol.